The number of rotatable bonds is 8. The first-order chi connectivity index (χ1) is 9.99. The van der Waals surface area contributed by atoms with Crippen molar-refractivity contribution < 1.29 is 9.05 Å². The second-order valence-electron chi connectivity index (χ2n) is 5.31. The van der Waals surface area contributed by atoms with Crippen molar-refractivity contribution in [1.29, 1.82) is 5.26 Å². The van der Waals surface area contributed by atoms with Gasteiger partial charge in [-0.15, -0.1) is 0 Å². The SMILES string of the molecule is CCOP(OCc1ccc(C#N)cc1)N(C(C)C)C(C)C. The molecule has 21 heavy (non-hydrogen) atoms. The summed E-state index contributed by atoms with van der Waals surface area (Å²) in [6.45, 7) is 11.7. The second-order valence-corrected chi connectivity index (χ2v) is 6.76. The zero-order valence-electron chi connectivity index (χ0n) is 13.5. The van der Waals surface area contributed by atoms with E-state index in [4.69, 9.17) is 14.3 Å². The molecule has 0 saturated carbocycles. The van der Waals surface area contributed by atoms with Crippen LogP contribution in [0.2, 0.25) is 0 Å². The Hall–Kier alpha value is -0.980. The molecule has 0 aliphatic rings. The molecule has 0 aliphatic heterocycles. The number of hydrogen-bond acceptors (Lipinski definition) is 4. The minimum atomic E-state index is -1.07. The van der Waals surface area contributed by atoms with E-state index in [0.717, 1.165) is 5.56 Å². The molecule has 0 saturated heterocycles. The predicted octanol–water partition coefficient (Wildman–Crippen LogP) is 4.46. The molecule has 5 heteroatoms. The molecule has 0 bridgehead atoms. The molecule has 0 aliphatic carbocycles. The van der Waals surface area contributed by atoms with Gasteiger partial charge >= 0.3 is 0 Å². The normalized spacial score (nSPS) is 12.9. The Morgan fingerprint density at radius 3 is 2.10 bits per heavy atom. The number of hydrogen-bond donors (Lipinski definition) is 0. The van der Waals surface area contributed by atoms with E-state index in [-0.39, 0.29) is 0 Å². The Bertz CT molecular complexity index is 446. The van der Waals surface area contributed by atoms with E-state index in [2.05, 4.69) is 38.4 Å². The van der Waals surface area contributed by atoms with Crippen LogP contribution in [-0.2, 0) is 15.7 Å². The van der Waals surface area contributed by atoms with Gasteiger partial charge < -0.3 is 9.05 Å². The minimum Gasteiger partial charge on any atom is -0.322 e. The quantitative estimate of drug-likeness (QED) is 0.665. The lowest BCUT2D eigenvalue weighted by atomic mass is 10.2. The molecule has 1 aromatic rings. The molecule has 1 rings (SSSR count). The average molecular weight is 308 g/mol. The minimum absolute atomic E-state index is 0.364. The van der Waals surface area contributed by atoms with Crippen molar-refractivity contribution in [3.05, 3.63) is 35.4 Å². The van der Waals surface area contributed by atoms with E-state index in [9.17, 15) is 0 Å². The van der Waals surface area contributed by atoms with E-state index in [1.54, 1.807) is 0 Å². The van der Waals surface area contributed by atoms with Crippen LogP contribution in [0, 0.1) is 11.3 Å². The van der Waals surface area contributed by atoms with Gasteiger partial charge in [-0.05, 0) is 52.3 Å². The van der Waals surface area contributed by atoms with E-state index >= 15 is 0 Å². The molecular formula is C16H25N2O2P. The highest BCUT2D eigenvalue weighted by Crippen LogP contribution is 2.46. The smallest absolute Gasteiger partial charge is 0.259 e. The summed E-state index contributed by atoms with van der Waals surface area (Å²) in [5.41, 5.74) is 1.71. The molecule has 4 nitrogen and oxygen atoms in total. The lowest BCUT2D eigenvalue weighted by Crippen LogP contribution is -2.33. The second kappa shape index (κ2) is 9.12. The highest BCUT2D eigenvalue weighted by Gasteiger charge is 2.26. The van der Waals surface area contributed by atoms with Crippen LogP contribution in [0.3, 0.4) is 0 Å². The monoisotopic (exact) mass is 308 g/mol. The maximum absolute atomic E-state index is 8.81. The first kappa shape index (κ1) is 18.1. The molecule has 116 valence electrons. The van der Waals surface area contributed by atoms with Crippen molar-refractivity contribution in [2.45, 2.75) is 53.3 Å². The van der Waals surface area contributed by atoms with Crippen LogP contribution >= 0.6 is 8.53 Å². The molecule has 0 aromatic heterocycles. The van der Waals surface area contributed by atoms with Gasteiger partial charge in [0.1, 0.15) is 0 Å². The van der Waals surface area contributed by atoms with Crippen molar-refractivity contribution in [1.82, 2.24) is 4.67 Å². The highest BCUT2D eigenvalue weighted by molar-refractivity contribution is 7.44. The van der Waals surface area contributed by atoms with E-state index in [1.807, 2.05) is 31.2 Å². The summed E-state index contributed by atoms with van der Waals surface area (Å²) in [7, 11) is -1.07. The summed E-state index contributed by atoms with van der Waals surface area (Å²) in [4.78, 5) is 0. The number of nitrogens with zero attached hydrogens (tertiary/aromatic N) is 2. The van der Waals surface area contributed by atoms with Crippen molar-refractivity contribution in [3.63, 3.8) is 0 Å². The zero-order chi connectivity index (χ0) is 15.8. The third kappa shape index (κ3) is 5.73. The van der Waals surface area contributed by atoms with Crippen LogP contribution in [0.15, 0.2) is 24.3 Å². The fourth-order valence-corrected chi connectivity index (χ4v) is 3.64. The zero-order valence-corrected chi connectivity index (χ0v) is 14.4. The Morgan fingerprint density at radius 1 is 1.10 bits per heavy atom. The molecule has 0 amide bonds. The summed E-state index contributed by atoms with van der Waals surface area (Å²) < 4.78 is 14.1. The number of nitriles is 1. The lowest BCUT2D eigenvalue weighted by Gasteiger charge is -2.35. The van der Waals surface area contributed by atoms with Crippen molar-refractivity contribution >= 4 is 8.53 Å². The summed E-state index contributed by atoms with van der Waals surface area (Å²) in [5.74, 6) is 0. The summed E-state index contributed by atoms with van der Waals surface area (Å²) >= 11 is 0. The van der Waals surface area contributed by atoms with Gasteiger partial charge in [-0.1, -0.05) is 12.1 Å². The first-order valence-electron chi connectivity index (χ1n) is 7.32. The maximum Gasteiger partial charge on any atom is 0.259 e. The standard InChI is InChI=1S/C16H25N2O2P/c1-6-19-21(18(13(2)3)14(4)5)20-12-16-9-7-15(11-17)8-10-16/h7-10,13-14H,6,12H2,1-5H3. The van der Waals surface area contributed by atoms with Crippen LogP contribution in [0.1, 0.15) is 45.7 Å². The van der Waals surface area contributed by atoms with Crippen LogP contribution in [0.4, 0.5) is 0 Å². The Balaban J connectivity index is 2.71. The third-order valence-electron chi connectivity index (χ3n) is 2.91. The Labute approximate surface area is 129 Å². The van der Waals surface area contributed by atoms with Gasteiger partial charge in [0.25, 0.3) is 8.53 Å². The molecule has 0 spiro atoms. The fourth-order valence-electron chi connectivity index (χ4n) is 2.06. The summed E-state index contributed by atoms with van der Waals surface area (Å²) in [6.07, 6.45) is 0. The number of benzene rings is 1. The molecule has 1 aromatic carbocycles. The highest BCUT2D eigenvalue weighted by atomic mass is 31.2. The topological polar surface area (TPSA) is 45.5 Å². The molecule has 0 heterocycles. The molecule has 0 radical (unpaired) electrons. The van der Waals surface area contributed by atoms with E-state index < -0.39 is 8.53 Å². The Morgan fingerprint density at radius 2 is 1.67 bits per heavy atom. The summed E-state index contributed by atoms with van der Waals surface area (Å²) in [6, 6.07) is 10.3. The maximum atomic E-state index is 8.81. The molecule has 0 N–H and O–H groups in total. The summed E-state index contributed by atoms with van der Waals surface area (Å²) in [5, 5.41) is 8.81. The van der Waals surface area contributed by atoms with Crippen LogP contribution in [-0.4, -0.2) is 23.4 Å². The van der Waals surface area contributed by atoms with Gasteiger partial charge in [-0.3, -0.25) is 0 Å². The van der Waals surface area contributed by atoms with Crippen molar-refractivity contribution in [2.75, 3.05) is 6.61 Å². The lowest BCUT2D eigenvalue weighted by molar-refractivity contribution is 0.174. The molecular weight excluding hydrogens is 283 g/mol. The van der Waals surface area contributed by atoms with Gasteiger partial charge in [-0.2, -0.15) is 5.26 Å². The third-order valence-corrected chi connectivity index (χ3v) is 5.04. The Kier molecular flexibility index (Phi) is 7.85. The molecule has 1 atom stereocenters. The predicted molar refractivity (Wildman–Crippen MR) is 86.6 cm³/mol. The van der Waals surface area contributed by atoms with E-state index in [1.165, 1.54) is 0 Å². The first-order valence-corrected chi connectivity index (χ1v) is 8.45. The fraction of sp³-hybridized carbons (Fsp3) is 0.562. The van der Waals surface area contributed by atoms with Gasteiger partial charge in [0.05, 0.1) is 24.8 Å². The van der Waals surface area contributed by atoms with Crippen molar-refractivity contribution in [2.24, 2.45) is 0 Å². The van der Waals surface area contributed by atoms with E-state index in [0.29, 0.717) is 30.9 Å². The van der Waals surface area contributed by atoms with Gasteiger partial charge in [0.15, 0.2) is 0 Å². The largest absolute Gasteiger partial charge is 0.322 e. The molecule has 1 unspecified atom stereocenters. The van der Waals surface area contributed by atoms with Crippen molar-refractivity contribution in [3.8, 4) is 6.07 Å². The van der Waals surface area contributed by atoms with Crippen LogP contribution in [0.5, 0.6) is 0 Å². The van der Waals surface area contributed by atoms with Gasteiger partial charge in [0, 0.05) is 12.1 Å². The molecule has 0 fully saturated rings. The average Bonchev–Trinajstić information content (AvgIpc) is 2.44. The van der Waals surface area contributed by atoms with Crippen LogP contribution < -0.4 is 0 Å². The van der Waals surface area contributed by atoms with Gasteiger partial charge in [-0.25, -0.2) is 4.67 Å². The van der Waals surface area contributed by atoms with Gasteiger partial charge in [0.2, 0.25) is 0 Å². The van der Waals surface area contributed by atoms with Crippen LogP contribution in [0.25, 0.3) is 0 Å².